The summed E-state index contributed by atoms with van der Waals surface area (Å²) in [5, 5.41) is 13.3. The van der Waals surface area contributed by atoms with E-state index in [9.17, 15) is 9.90 Å². The highest BCUT2D eigenvalue weighted by atomic mass is 32.2. The molecule has 2 heterocycles. The summed E-state index contributed by atoms with van der Waals surface area (Å²) in [6.07, 6.45) is 11.8. The third-order valence-electron chi connectivity index (χ3n) is 6.25. The molecule has 3 rings (SSSR count). The average Bonchev–Trinajstić information content (AvgIpc) is 2.70. The molecule has 0 atom stereocenters. The van der Waals surface area contributed by atoms with Gasteiger partial charge in [0, 0.05) is 36.1 Å². The van der Waals surface area contributed by atoms with Gasteiger partial charge in [0.1, 0.15) is 0 Å². The first-order valence-electron chi connectivity index (χ1n) is 14.5. The molecule has 0 saturated heterocycles. The Morgan fingerprint density at radius 3 is 1.50 bits per heavy atom. The average molecular weight is 579 g/mol. The molecule has 40 heavy (non-hydrogen) atoms. The molecule has 2 aliphatic rings. The van der Waals surface area contributed by atoms with Crippen LogP contribution >= 0.6 is 23.1 Å². The van der Waals surface area contributed by atoms with Gasteiger partial charge in [0.25, 0.3) is 0 Å². The number of carbonyl (C=O) groups is 1. The van der Waals surface area contributed by atoms with Gasteiger partial charge in [0.15, 0.2) is 5.78 Å². The molecule has 0 fully saturated rings. The van der Waals surface area contributed by atoms with Gasteiger partial charge in [0.2, 0.25) is 21.1 Å². The van der Waals surface area contributed by atoms with E-state index >= 15 is 0 Å². The van der Waals surface area contributed by atoms with Crippen LogP contribution in [0.15, 0.2) is 62.6 Å². The van der Waals surface area contributed by atoms with Crippen LogP contribution in [-0.2, 0) is 17.6 Å². The van der Waals surface area contributed by atoms with Crippen molar-refractivity contribution >= 4 is 35.0 Å². The second kappa shape index (κ2) is 11.8. The lowest BCUT2D eigenvalue weighted by atomic mass is 9.84. The molecule has 1 aromatic heterocycles. The predicted octanol–water partition coefficient (Wildman–Crippen LogP) is 10.1. The second-order valence-electron chi connectivity index (χ2n) is 16.4. The maximum absolute atomic E-state index is 13.3. The van der Waals surface area contributed by atoms with Gasteiger partial charge < -0.3 is 5.11 Å². The standard InChI is InChI=1S/C36H50O2S2/c1-33(2,3)19-25-13-23(14-26(39-25)20-34(4,5)6)17-29-31(37)30(32(29)38)18-24-15-27(21-35(7,8)9)40-28(16-24)22-36(10,11)12/h13-18H,19-22H2,1-12H3. The van der Waals surface area contributed by atoms with E-state index in [2.05, 4.69) is 107 Å². The van der Waals surface area contributed by atoms with Gasteiger partial charge in [-0.25, -0.2) is 0 Å². The van der Waals surface area contributed by atoms with Crippen molar-refractivity contribution in [3.05, 3.63) is 78.0 Å². The zero-order chi connectivity index (χ0) is 30.3. The zero-order valence-corrected chi connectivity index (χ0v) is 28.6. The second-order valence-corrected chi connectivity index (χ2v) is 18.9. The van der Waals surface area contributed by atoms with E-state index in [4.69, 9.17) is 0 Å². The van der Waals surface area contributed by atoms with Crippen molar-refractivity contribution in [2.24, 2.45) is 21.7 Å². The Kier molecular flexibility index (Phi) is 9.59. The van der Waals surface area contributed by atoms with Crippen LogP contribution in [0.2, 0.25) is 0 Å². The topological polar surface area (TPSA) is 40.1 Å². The van der Waals surface area contributed by atoms with Gasteiger partial charge in [0.05, 0.1) is 0 Å². The van der Waals surface area contributed by atoms with Gasteiger partial charge in [-0.2, -0.15) is 0 Å². The lowest BCUT2D eigenvalue weighted by Crippen LogP contribution is -2.29. The highest BCUT2D eigenvalue weighted by Gasteiger charge is 2.29. The zero-order valence-electron chi connectivity index (χ0n) is 26.9. The van der Waals surface area contributed by atoms with Crippen molar-refractivity contribution in [3.63, 3.8) is 0 Å². The van der Waals surface area contributed by atoms with Crippen molar-refractivity contribution < 1.29 is 9.90 Å². The van der Waals surface area contributed by atoms with Crippen LogP contribution in [0.3, 0.4) is 0 Å². The van der Waals surface area contributed by atoms with Gasteiger partial charge in [-0.05, 0) is 79.8 Å². The molecule has 0 bridgehead atoms. The highest BCUT2D eigenvalue weighted by molar-refractivity contribution is 8.06. The van der Waals surface area contributed by atoms with Gasteiger partial charge >= 0.3 is 0 Å². The molecule has 0 aromatic carbocycles. The lowest BCUT2D eigenvalue weighted by molar-refractivity contribution is -0.300. The summed E-state index contributed by atoms with van der Waals surface area (Å²) in [5.41, 5.74) is 3.15. The molecule has 0 spiro atoms. The maximum Gasteiger partial charge on any atom is 0.218 e. The molecule has 0 radical (unpaired) electrons. The molecule has 0 unspecified atom stereocenters. The summed E-state index contributed by atoms with van der Waals surface area (Å²) in [6, 6.07) is 4.32. The van der Waals surface area contributed by atoms with Crippen LogP contribution in [0.1, 0.15) is 111 Å². The Hall–Kier alpha value is -1.91. The molecule has 4 heteroatoms. The van der Waals surface area contributed by atoms with Gasteiger partial charge in [-0.15, -0.1) is 0 Å². The monoisotopic (exact) mass is 578 g/mol. The number of ketones is 1. The molecule has 0 amide bonds. The number of rotatable bonds is 6. The molecular weight excluding hydrogens is 529 g/mol. The van der Waals surface area contributed by atoms with Gasteiger partial charge in [-0.3, -0.25) is 4.79 Å². The van der Waals surface area contributed by atoms with Crippen LogP contribution in [0, 0.1) is 21.7 Å². The van der Waals surface area contributed by atoms with E-state index in [1.807, 2.05) is 35.3 Å². The summed E-state index contributed by atoms with van der Waals surface area (Å²) >= 11 is 3.70. The minimum Gasteiger partial charge on any atom is -0.871 e. The number of carbonyl (C=O) groups excluding carboxylic acids is 1. The van der Waals surface area contributed by atoms with Gasteiger partial charge in [-0.1, -0.05) is 101 Å². The smallest absolute Gasteiger partial charge is 0.218 e. The number of thioether (sulfide) groups is 1. The van der Waals surface area contributed by atoms with Crippen LogP contribution in [0.5, 0.6) is 0 Å². The van der Waals surface area contributed by atoms with E-state index < -0.39 is 0 Å². The fourth-order valence-corrected chi connectivity index (χ4v) is 8.39. The fraction of sp³-hybridized carbons (Fsp3) is 0.556. The lowest BCUT2D eigenvalue weighted by Gasteiger charge is -2.30. The number of hydrogen-bond acceptors (Lipinski definition) is 3. The van der Waals surface area contributed by atoms with Crippen molar-refractivity contribution in [2.75, 3.05) is 0 Å². The third-order valence-corrected chi connectivity index (χ3v) is 8.35. The molecule has 2 nitrogen and oxygen atoms in total. The summed E-state index contributed by atoms with van der Waals surface area (Å²) < 4.78 is 0. The third kappa shape index (κ3) is 10.2. The molecular formula is C36H50O2S2. The van der Waals surface area contributed by atoms with Crippen molar-refractivity contribution in [1.29, 1.82) is 0 Å². The summed E-state index contributed by atoms with van der Waals surface area (Å²) in [7, 11) is 0. The first-order chi connectivity index (χ1) is 18.1. The number of Topliss-reactive ketones (excluding diaryl/α,β-unsaturated/α-hetero) is 1. The Bertz CT molecular complexity index is 1240. The van der Waals surface area contributed by atoms with Crippen LogP contribution in [0.4, 0.5) is 0 Å². The Balaban J connectivity index is 1.99. The maximum atomic E-state index is 13.3. The quantitative estimate of drug-likeness (QED) is 0.249. The minimum atomic E-state index is -0.144. The predicted molar refractivity (Wildman–Crippen MR) is 175 cm³/mol. The van der Waals surface area contributed by atoms with E-state index in [1.165, 1.54) is 19.6 Å². The molecule has 1 aromatic rings. The van der Waals surface area contributed by atoms with Crippen molar-refractivity contribution in [2.45, 2.75) is 109 Å². The van der Waals surface area contributed by atoms with Crippen LogP contribution < -0.4 is 5.11 Å². The molecule has 1 aliphatic carbocycles. The Labute approximate surface area is 252 Å². The van der Waals surface area contributed by atoms with Crippen LogP contribution in [-0.4, -0.2) is 5.78 Å². The SMILES string of the molecule is CC(C)(C)CC1=CC(=CC2=C([O-])C(=Cc3cc(CC(C)(C)C)[s+]c(CC(C)(C)C)c3)C2=O)C=C(CC(C)(C)C)S1. The Morgan fingerprint density at radius 2 is 1.12 bits per heavy atom. The van der Waals surface area contributed by atoms with Crippen molar-refractivity contribution in [3.8, 4) is 0 Å². The van der Waals surface area contributed by atoms with E-state index in [1.54, 1.807) is 0 Å². The molecule has 218 valence electrons. The first kappa shape index (κ1) is 32.6. The largest absolute Gasteiger partial charge is 0.871 e. The number of hydrogen-bond donors (Lipinski definition) is 0. The molecule has 0 N–H and O–H groups in total. The first-order valence-corrected chi connectivity index (χ1v) is 16.2. The summed E-state index contributed by atoms with van der Waals surface area (Å²) in [5.74, 6) is -0.288. The minimum absolute atomic E-state index is 0.144. The van der Waals surface area contributed by atoms with Crippen LogP contribution in [0.25, 0.3) is 6.08 Å². The summed E-state index contributed by atoms with van der Waals surface area (Å²) in [6.45, 7) is 26.9. The molecule has 1 aliphatic heterocycles. The number of allylic oxidation sites excluding steroid dienone is 8. The van der Waals surface area contributed by atoms with E-state index in [-0.39, 0.29) is 33.2 Å². The van der Waals surface area contributed by atoms with E-state index in [0.717, 1.165) is 36.8 Å². The highest BCUT2D eigenvalue weighted by Crippen LogP contribution is 2.44. The normalized spacial score (nSPS) is 18.1. The summed E-state index contributed by atoms with van der Waals surface area (Å²) in [4.78, 5) is 18.4. The Morgan fingerprint density at radius 1 is 0.700 bits per heavy atom. The fourth-order valence-electron chi connectivity index (χ4n) is 4.92. The van der Waals surface area contributed by atoms with Crippen molar-refractivity contribution in [1.82, 2.24) is 0 Å². The molecule has 0 saturated carbocycles. The van der Waals surface area contributed by atoms with E-state index in [0.29, 0.717) is 11.1 Å².